The molecule has 0 fully saturated rings. The molecular weight excluding hydrogens is 324 g/mol. The highest BCUT2D eigenvalue weighted by Gasteiger charge is 2.12. The van der Waals surface area contributed by atoms with Crippen LogP contribution in [0.1, 0.15) is 12.5 Å². The van der Waals surface area contributed by atoms with Crippen LogP contribution >= 0.6 is 11.6 Å². The molecule has 1 N–H and O–H groups in total. The Morgan fingerprint density at radius 2 is 1.86 bits per heavy atom. The first kappa shape index (κ1) is 16.3. The normalized spacial score (nSPS) is 11.5. The Kier molecular flexibility index (Phi) is 5.41. The van der Waals surface area contributed by atoms with Crippen LogP contribution in [0.4, 0.5) is 0 Å². The first-order chi connectivity index (χ1) is 10.5. The fourth-order valence-electron chi connectivity index (χ4n) is 1.71. The van der Waals surface area contributed by atoms with Crippen LogP contribution in [0.3, 0.4) is 0 Å². The van der Waals surface area contributed by atoms with Gasteiger partial charge in [-0.3, -0.25) is 0 Å². The lowest BCUT2D eigenvalue weighted by Gasteiger charge is -2.06. The molecule has 0 amide bonds. The van der Waals surface area contributed by atoms with Gasteiger partial charge in [-0.25, -0.2) is 4.83 Å². The van der Waals surface area contributed by atoms with Gasteiger partial charge in [-0.2, -0.15) is 13.5 Å². The first-order valence-electron chi connectivity index (χ1n) is 6.55. The highest BCUT2D eigenvalue weighted by atomic mass is 35.5. The van der Waals surface area contributed by atoms with Gasteiger partial charge >= 0.3 is 0 Å². The van der Waals surface area contributed by atoms with E-state index >= 15 is 0 Å². The zero-order valence-corrected chi connectivity index (χ0v) is 13.4. The molecule has 0 bridgehead atoms. The van der Waals surface area contributed by atoms with Crippen molar-refractivity contribution in [3.8, 4) is 5.75 Å². The van der Waals surface area contributed by atoms with Gasteiger partial charge in [0.05, 0.1) is 17.7 Å². The summed E-state index contributed by atoms with van der Waals surface area (Å²) in [6.07, 6.45) is 1.40. The summed E-state index contributed by atoms with van der Waals surface area (Å²) >= 11 is 5.73. The van der Waals surface area contributed by atoms with Gasteiger partial charge in [0.1, 0.15) is 5.75 Å². The SMILES string of the molecule is CCOc1ccccc1/C=N/NS(=O)(=O)c1ccc(Cl)cc1. The summed E-state index contributed by atoms with van der Waals surface area (Å²) in [5.74, 6) is 0.638. The van der Waals surface area contributed by atoms with Gasteiger partial charge < -0.3 is 4.74 Å². The molecule has 7 heteroatoms. The summed E-state index contributed by atoms with van der Waals surface area (Å²) in [4.78, 5) is 2.25. The lowest BCUT2D eigenvalue weighted by Crippen LogP contribution is -2.18. The van der Waals surface area contributed by atoms with Crippen molar-refractivity contribution in [3.63, 3.8) is 0 Å². The van der Waals surface area contributed by atoms with Crippen molar-refractivity contribution in [3.05, 3.63) is 59.1 Å². The minimum Gasteiger partial charge on any atom is -0.493 e. The second-order valence-electron chi connectivity index (χ2n) is 4.28. The van der Waals surface area contributed by atoms with Gasteiger partial charge in [0.15, 0.2) is 0 Å². The lowest BCUT2D eigenvalue weighted by molar-refractivity contribution is 0.340. The van der Waals surface area contributed by atoms with E-state index in [0.717, 1.165) is 0 Å². The molecular formula is C15H15ClN2O3S. The minimum absolute atomic E-state index is 0.0899. The highest BCUT2D eigenvalue weighted by Crippen LogP contribution is 2.16. The standard InChI is InChI=1S/C15H15ClN2O3S/c1-2-21-15-6-4-3-5-12(15)11-17-18-22(19,20)14-9-7-13(16)8-10-14/h3-11,18H,2H2,1H3/b17-11+. The van der Waals surface area contributed by atoms with Gasteiger partial charge in [-0.1, -0.05) is 23.7 Å². The van der Waals surface area contributed by atoms with Crippen LogP contribution in [-0.2, 0) is 10.0 Å². The maximum Gasteiger partial charge on any atom is 0.276 e. The highest BCUT2D eigenvalue weighted by molar-refractivity contribution is 7.89. The molecule has 0 saturated heterocycles. The average molecular weight is 339 g/mol. The third kappa shape index (κ3) is 4.22. The number of hydrazone groups is 1. The van der Waals surface area contributed by atoms with Crippen molar-refractivity contribution in [2.75, 3.05) is 6.61 Å². The quantitative estimate of drug-likeness (QED) is 0.650. The van der Waals surface area contributed by atoms with Crippen molar-refractivity contribution >= 4 is 27.8 Å². The predicted molar refractivity (Wildman–Crippen MR) is 87.0 cm³/mol. The molecule has 2 aromatic rings. The van der Waals surface area contributed by atoms with Crippen LogP contribution in [0.15, 0.2) is 58.5 Å². The van der Waals surface area contributed by atoms with Crippen molar-refractivity contribution < 1.29 is 13.2 Å². The average Bonchev–Trinajstić information content (AvgIpc) is 2.49. The topological polar surface area (TPSA) is 67.8 Å². The summed E-state index contributed by atoms with van der Waals surface area (Å²) in [6.45, 7) is 2.39. The Bertz CT molecular complexity index is 759. The summed E-state index contributed by atoms with van der Waals surface area (Å²) in [6, 6.07) is 13.1. The molecule has 0 spiro atoms. The Balaban J connectivity index is 2.13. The van der Waals surface area contributed by atoms with Crippen molar-refractivity contribution in [1.82, 2.24) is 4.83 Å². The van der Waals surface area contributed by atoms with Gasteiger partial charge in [-0.15, -0.1) is 0 Å². The largest absolute Gasteiger partial charge is 0.493 e. The molecule has 0 atom stereocenters. The molecule has 0 aliphatic carbocycles. The Labute approximate surface area is 134 Å². The van der Waals surface area contributed by atoms with Crippen LogP contribution in [0.25, 0.3) is 0 Å². The van der Waals surface area contributed by atoms with Gasteiger partial charge in [-0.05, 0) is 43.3 Å². The van der Waals surface area contributed by atoms with E-state index in [1.54, 1.807) is 12.1 Å². The Morgan fingerprint density at radius 1 is 1.18 bits per heavy atom. The second kappa shape index (κ2) is 7.29. The summed E-state index contributed by atoms with van der Waals surface area (Å²) in [5.41, 5.74) is 0.683. The molecule has 22 heavy (non-hydrogen) atoms. The maximum absolute atomic E-state index is 12.0. The van der Waals surface area contributed by atoms with Crippen LogP contribution in [-0.4, -0.2) is 21.2 Å². The van der Waals surface area contributed by atoms with E-state index in [1.165, 1.54) is 30.5 Å². The van der Waals surface area contributed by atoms with Crippen LogP contribution in [0.2, 0.25) is 5.02 Å². The van der Waals surface area contributed by atoms with Crippen molar-refractivity contribution in [2.45, 2.75) is 11.8 Å². The smallest absolute Gasteiger partial charge is 0.276 e. The Hall–Kier alpha value is -2.05. The number of ether oxygens (including phenoxy) is 1. The number of sulfonamides is 1. The predicted octanol–water partition coefficient (Wildman–Crippen LogP) is 3.05. The fraction of sp³-hybridized carbons (Fsp3) is 0.133. The molecule has 0 aromatic heterocycles. The monoisotopic (exact) mass is 338 g/mol. The molecule has 0 unspecified atom stereocenters. The number of rotatable bonds is 6. The maximum atomic E-state index is 12.0. The van der Waals surface area contributed by atoms with Gasteiger partial charge in [0, 0.05) is 10.6 Å². The number of hydrogen-bond donors (Lipinski definition) is 1. The Morgan fingerprint density at radius 3 is 2.55 bits per heavy atom. The molecule has 0 aliphatic heterocycles. The number of hydrogen-bond acceptors (Lipinski definition) is 4. The number of nitrogens with zero attached hydrogens (tertiary/aromatic N) is 1. The van der Waals surface area contributed by atoms with Gasteiger partial charge in [0.2, 0.25) is 0 Å². The van der Waals surface area contributed by atoms with Crippen LogP contribution in [0, 0.1) is 0 Å². The van der Waals surface area contributed by atoms with E-state index in [9.17, 15) is 8.42 Å². The van der Waals surface area contributed by atoms with Crippen LogP contribution in [0.5, 0.6) is 5.75 Å². The molecule has 2 aromatic carbocycles. The summed E-state index contributed by atoms with van der Waals surface area (Å²) in [5, 5.41) is 4.24. The first-order valence-corrected chi connectivity index (χ1v) is 8.41. The van der Waals surface area contributed by atoms with Gasteiger partial charge in [0.25, 0.3) is 10.0 Å². The van der Waals surface area contributed by atoms with E-state index in [-0.39, 0.29) is 4.90 Å². The molecule has 5 nitrogen and oxygen atoms in total. The summed E-state index contributed by atoms with van der Waals surface area (Å²) in [7, 11) is -3.72. The fourth-order valence-corrected chi connectivity index (χ4v) is 2.62. The lowest BCUT2D eigenvalue weighted by atomic mass is 10.2. The van der Waals surface area contributed by atoms with Crippen LogP contribution < -0.4 is 9.57 Å². The third-order valence-corrected chi connectivity index (χ3v) is 4.21. The third-order valence-electron chi connectivity index (χ3n) is 2.72. The molecule has 0 heterocycles. The van der Waals surface area contributed by atoms with E-state index in [1.807, 2.05) is 19.1 Å². The molecule has 116 valence electrons. The van der Waals surface area contributed by atoms with Crippen molar-refractivity contribution in [1.29, 1.82) is 0 Å². The van der Waals surface area contributed by atoms with E-state index in [4.69, 9.17) is 16.3 Å². The number of para-hydroxylation sites is 1. The molecule has 0 saturated carbocycles. The number of halogens is 1. The zero-order chi connectivity index (χ0) is 16.0. The minimum atomic E-state index is -3.72. The number of benzene rings is 2. The van der Waals surface area contributed by atoms with Crippen molar-refractivity contribution in [2.24, 2.45) is 5.10 Å². The summed E-state index contributed by atoms with van der Waals surface area (Å²) < 4.78 is 29.5. The van der Waals surface area contributed by atoms with E-state index in [2.05, 4.69) is 9.93 Å². The van der Waals surface area contributed by atoms with E-state index < -0.39 is 10.0 Å². The number of nitrogens with one attached hydrogen (secondary N) is 1. The molecule has 2 rings (SSSR count). The molecule has 0 radical (unpaired) electrons. The second-order valence-corrected chi connectivity index (χ2v) is 6.37. The molecule has 0 aliphatic rings. The van der Waals surface area contributed by atoms with E-state index in [0.29, 0.717) is 22.9 Å². The zero-order valence-electron chi connectivity index (χ0n) is 11.9.